The number of unbranched alkanes of at least 4 members (excludes halogenated alkanes) is 1. The fourth-order valence-electron chi connectivity index (χ4n) is 1.03. The van der Waals surface area contributed by atoms with Crippen LogP contribution in [0.1, 0.15) is 19.8 Å². The highest BCUT2D eigenvalue weighted by Gasteiger charge is 2.09. The van der Waals surface area contributed by atoms with Gasteiger partial charge in [0, 0.05) is 6.54 Å². The predicted octanol–water partition coefficient (Wildman–Crippen LogP) is 0.481. The fourth-order valence-corrected chi connectivity index (χ4v) is 1.15. The monoisotopic (exact) mass is 173 g/mol. The van der Waals surface area contributed by atoms with E-state index in [-0.39, 0.29) is 0 Å². The summed E-state index contributed by atoms with van der Waals surface area (Å²) in [7, 11) is 0. The molecule has 2 N–H and O–H groups in total. The van der Waals surface area contributed by atoms with Crippen molar-refractivity contribution in [1.29, 1.82) is 0 Å². The van der Waals surface area contributed by atoms with Crippen LogP contribution >= 0.6 is 12.2 Å². The van der Waals surface area contributed by atoms with E-state index in [4.69, 9.17) is 12.2 Å². The molecule has 0 aromatic heterocycles. The Hall–Kier alpha value is -0.350. The lowest BCUT2D eigenvalue weighted by Crippen LogP contribution is -2.53. The van der Waals surface area contributed by atoms with Crippen LogP contribution in [0, 0.1) is 0 Å². The number of nitrogens with zero attached hydrogens (tertiary/aromatic N) is 1. The zero-order valence-corrected chi connectivity index (χ0v) is 7.71. The highest BCUT2D eigenvalue weighted by atomic mass is 32.1. The van der Waals surface area contributed by atoms with Crippen LogP contribution < -0.4 is 10.6 Å². The molecule has 3 nitrogen and oxygen atoms in total. The summed E-state index contributed by atoms with van der Waals surface area (Å²) in [6, 6.07) is 0. The van der Waals surface area contributed by atoms with Crippen LogP contribution in [0.15, 0.2) is 0 Å². The molecule has 1 fully saturated rings. The Labute approximate surface area is 73.1 Å². The van der Waals surface area contributed by atoms with Crippen molar-refractivity contribution in [2.75, 3.05) is 19.9 Å². The Bertz CT molecular complexity index is 128. The van der Waals surface area contributed by atoms with Gasteiger partial charge < -0.3 is 10.6 Å². The molecule has 64 valence electrons. The molecule has 0 atom stereocenters. The standard InChI is InChI=1S/C7H15N3S/c1-2-3-4-10-5-8-7(11)9-6-10/h2-6H2,1H3,(H2,8,9,11). The summed E-state index contributed by atoms with van der Waals surface area (Å²) in [5.41, 5.74) is 0. The average molecular weight is 173 g/mol. The van der Waals surface area contributed by atoms with Crippen LogP contribution in [0.5, 0.6) is 0 Å². The highest BCUT2D eigenvalue weighted by molar-refractivity contribution is 7.80. The molecule has 4 heteroatoms. The number of nitrogens with one attached hydrogen (secondary N) is 2. The summed E-state index contributed by atoms with van der Waals surface area (Å²) in [4.78, 5) is 2.30. The summed E-state index contributed by atoms with van der Waals surface area (Å²) in [5.74, 6) is 0. The van der Waals surface area contributed by atoms with Crippen molar-refractivity contribution >= 4 is 17.3 Å². The van der Waals surface area contributed by atoms with Gasteiger partial charge in [-0.3, -0.25) is 4.90 Å². The van der Waals surface area contributed by atoms with Gasteiger partial charge in [-0.2, -0.15) is 0 Å². The second-order valence-corrected chi connectivity index (χ2v) is 3.16. The van der Waals surface area contributed by atoms with Crippen LogP contribution in [0.2, 0.25) is 0 Å². The average Bonchev–Trinajstić information content (AvgIpc) is 2.04. The molecule has 0 saturated carbocycles. The molecule has 1 heterocycles. The van der Waals surface area contributed by atoms with Gasteiger partial charge in [-0.15, -0.1) is 0 Å². The van der Waals surface area contributed by atoms with E-state index in [9.17, 15) is 0 Å². The quantitative estimate of drug-likeness (QED) is 0.607. The van der Waals surface area contributed by atoms with Crippen LogP contribution in [-0.2, 0) is 0 Å². The molecule has 0 aromatic rings. The summed E-state index contributed by atoms with van der Waals surface area (Å²) in [6.45, 7) is 5.15. The largest absolute Gasteiger partial charge is 0.350 e. The topological polar surface area (TPSA) is 27.3 Å². The van der Waals surface area contributed by atoms with E-state index in [2.05, 4.69) is 22.5 Å². The molecular weight excluding hydrogens is 158 g/mol. The Morgan fingerprint density at radius 2 is 2.09 bits per heavy atom. The second-order valence-electron chi connectivity index (χ2n) is 2.75. The molecule has 0 aliphatic carbocycles. The van der Waals surface area contributed by atoms with Gasteiger partial charge in [0.05, 0.1) is 13.3 Å². The van der Waals surface area contributed by atoms with E-state index < -0.39 is 0 Å². The number of thiocarbonyl (C=S) groups is 1. The molecule has 11 heavy (non-hydrogen) atoms. The first kappa shape index (κ1) is 8.74. The highest BCUT2D eigenvalue weighted by Crippen LogP contribution is 1.94. The normalized spacial score (nSPS) is 19.2. The van der Waals surface area contributed by atoms with Crippen LogP contribution in [0.3, 0.4) is 0 Å². The van der Waals surface area contributed by atoms with Gasteiger partial charge in [-0.1, -0.05) is 13.3 Å². The fraction of sp³-hybridized carbons (Fsp3) is 0.857. The Balaban J connectivity index is 2.12. The first-order valence-electron chi connectivity index (χ1n) is 4.07. The zero-order chi connectivity index (χ0) is 8.10. The lowest BCUT2D eigenvalue weighted by atomic mass is 10.3. The SMILES string of the molecule is CCCCN1CNC(=S)NC1. The molecule has 1 rings (SSSR count). The Morgan fingerprint density at radius 3 is 2.64 bits per heavy atom. The Kier molecular flexibility index (Phi) is 3.59. The molecular formula is C7H15N3S. The maximum atomic E-state index is 4.92. The minimum atomic E-state index is 0.776. The lowest BCUT2D eigenvalue weighted by molar-refractivity contribution is 0.241. The summed E-state index contributed by atoms with van der Waals surface area (Å²) >= 11 is 4.92. The minimum absolute atomic E-state index is 0.776. The number of rotatable bonds is 3. The second kappa shape index (κ2) is 4.51. The van der Waals surface area contributed by atoms with Crippen LogP contribution in [0.4, 0.5) is 0 Å². The van der Waals surface area contributed by atoms with E-state index >= 15 is 0 Å². The van der Waals surface area contributed by atoms with Gasteiger partial charge in [0.2, 0.25) is 0 Å². The maximum Gasteiger partial charge on any atom is 0.168 e. The molecule has 0 bridgehead atoms. The van der Waals surface area contributed by atoms with Crippen molar-refractivity contribution < 1.29 is 0 Å². The Morgan fingerprint density at radius 1 is 1.45 bits per heavy atom. The van der Waals surface area contributed by atoms with Gasteiger partial charge in [-0.25, -0.2) is 0 Å². The summed E-state index contributed by atoms with van der Waals surface area (Å²) in [5, 5.41) is 6.95. The van der Waals surface area contributed by atoms with E-state index in [0.717, 1.165) is 25.0 Å². The van der Waals surface area contributed by atoms with Crippen molar-refractivity contribution in [2.24, 2.45) is 0 Å². The smallest absolute Gasteiger partial charge is 0.168 e. The molecule has 1 aliphatic heterocycles. The van der Waals surface area contributed by atoms with Crippen LogP contribution in [0.25, 0.3) is 0 Å². The molecule has 0 aromatic carbocycles. The third kappa shape index (κ3) is 3.03. The molecule has 1 aliphatic rings. The lowest BCUT2D eigenvalue weighted by Gasteiger charge is -2.29. The maximum absolute atomic E-state index is 4.92. The van der Waals surface area contributed by atoms with E-state index in [1.807, 2.05) is 0 Å². The van der Waals surface area contributed by atoms with Gasteiger partial charge >= 0.3 is 0 Å². The third-order valence-corrected chi connectivity index (χ3v) is 2.04. The predicted molar refractivity (Wildman–Crippen MR) is 50.2 cm³/mol. The third-order valence-electron chi connectivity index (χ3n) is 1.75. The van der Waals surface area contributed by atoms with Crippen molar-refractivity contribution in [3.8, 4) is 0 Å². The molecule has 0 unspecified atom stereocenters. The van der Waals surface area contributed by atoms with Gasteiger partial charge in [-0.05, 0) is 18.6 Å². The zero-order valence-electron chi connectivity index (χ0n) is 6.89. The minimum Gasteiger partial charge on any atom is -0.350 e. The number of hydrogen-bond donors (Lipinski definition) is 2. The van der Waals surface area contributed by atoms with E-state index in [1.165, 1.54) is 12.8 Å². The van der Waals surface area contributed by atoms with Gasteiger partial charge in [0.25, 0.3) is 0 Å². The van der Waals surface area contributed by atoms with Crippen molar-refractivity contribution in [1.82, 2.24) is 15.5 Å². The molecule has 0 radical (unpaired) electrons. The molecule has 1 saturated heterocycles. The summed E-state index contributed by atoms with van der Waals surface area (Å²) in [6.07, 6.45) is 2.51. The summed E-state index contributed by atoms with van der Waals surface area (Å²) < 4.78 is 0. The van der Waals surface area contributed by atoms with Crippen molar-refractivity contribution in [3.05, 3.63) is 0 Å². The first-order chi connectivity index (χ1) is 5.33. The van der Waals surface area contributed by atoms with Crippen molar-refractivity contribution in [3.63, 3.8) is 0 Å². The van der Waals surface area contributed by atoms with E-state index in [0.29, 0.717) is 0 Å². The molecule has 0 amide bonds. The van der Waals surface area contributed by atoms with Gasteiger partial charge in [0.15, 0.2) is 5.11 Å². The van der Waals surface area contributed by atoms with Crippen molar-refractivity contribution in [2.45, 2.75) is 19.8 Å². The first-order valence-corrected chi connectivity index (χ1v) is 4.48. The number of hydrogen-bond acceptors (Lipinski definition) is 2. The van der Waals surface area contributed by atoms with Crippen LogP contribution in [-0.4, -0.2) is 29.9 Å². The molecule has 0 spiro atoms. The van der Waals surface area contributed by atoms with E-state index in [1.54, 1.807) is 0 Å². The van der Waals surface area contributed by atoms with Gasteiger partial charge in [0.1, 0.15) is 0 Å².